The predicted molar refractivity (Wildman–Crippen MR) is 21.7 cm³/mol. The maximum absolute atomic E-state index is 9.92. The number of ether oxygens (including phenoxy) is 1. The van der Waals surface area contributed by atoms with Crippen LogP contribution in [-0.2, 0) is 9.84 Å². The van der Waals surface area contributed by atoms with Gasteiger partial charge < -0.3 is 4.74 Å². The zero-order valence-corrected chi connectivity index (χ0v) is 3.68. The average molecular weight is 87.1 g/mol. The van der Waals surface area contributed by atoms with Crippen molar-refractivity contribution >= 4 is 0 Å². The van der Waals surface area contributed by atoms with Crippen molar-refractivity contribution in [2.75, 3.05) is 7.11 Å². The fourth-order valence-electron chi connectivity index (χ4n) is 0.0962. The molecule has 2 heteroatoms. The van der Waals surface area contributed by atoms with Gasteiger partial charge in [-0.05, 0) is 6.08 Å². The van der Waals surface area contributed by atoms with E-state index in [9.17, 15) is 5.11 Å². The Hall–Kier alpha value is -0.340. The number of hydrogen-bond acceptors (Lipinski definition) is 1. The van der Waals surface area contributed by atoms with Crippen molar-refractivity contribution in [2.45, 2.75) is 6.29 Å². The predicted octanol–water partition coefficient (Wildman–Crippen LogP) is 0.575. The minimum absolute atomic E-state index is 1.05. The maximum Gasteiger partial charge on any atom is 0.210 e. The Morgan fingerprint density at radius 2 is 2.50 bits per heavy atom. The van der Waals surface area contributed by atoms with Gasteiger partial charge in [0.25, 0.3) is 0 Å². The highest BCUT2D eigenvalue weighted by atomic mass is 16.6. The summed E-state index contributed by atoms with van der Waals surface area (Å²) in [5, 5.41) is 9.92. The first kappa shape index (κ1) is 5.66. The van der Waals surface area contributed by atoms with Crippen LogP contribution in [0.4, 0.5) is 0 Å². The second-order valence-electron chi connectivity index (χ2n) is 0.840. The Labute approximate surface area is 37.1 Å². The molecule has 0 amide bonds. The fourth-order valence-corrected chi connectivity index (χ4v) is 0.0962. The third-order valence-electron chi connectivity index (χ3n) is 0.425. The highest BCUT2D eigenvalue weighted by Gasteiger charge is 1.88. The van der Waals surface area contributed by atoms with E-state index in [-0.39, 0.29) is 0 Å². The van der Waals surface area contributed by atoms with Crippen molar-refractivity contribution in [1.29, 1.82) is 0 Å². The van der Waals surface area contributed by atoms with Crippen molar-refractivity contribution < 1.29 is 9.84 Å². The first-order valence-corrected chi connectivity index (χ1v) is 1.62. The minimum Gasteiger partial charge on any atom is -0.350 e. The summed E-state index contributed by atoms with van der Waals surface area (Å²) in [5.74, 6) is 0. The Balaban J connectivity index is 2.96. The third-order valence-corrected chi connectivity index (χ3v) is 0.425. The van der Waals surface area contributed by atoms with E-state index in [0.29, 0.717) is 0 Å². The zero-order chi connectivity index (χ0) is 4.99. The lowest BCUT2D eigenvalue weighted by Gasteiger charge is -1.92. The van der Waals surface area contributed by atoms with Gasteiger partial charge in [-0.25, -0.2) is 0 Å². The Kier molecular flexibility index (Phi) is 2.71. The lowest BCUT2D eigenvalue weighted by molar-refractivity contribution is -0.0824. The van der Waals surface area contributed by atoms with Crippen LogP contribution in [0, 0.1) is 0 Å². The highest BCUT2D eigenvalue weighted by molar-refractivity contribution is 4.68. The molecule has 0 fully saturated rings. The number of methoxy groups -OCH3 is 1. The zero-order valence-electron chi connectivity index (χ0n) is 3.68. The van der Waals surface area contributed by atoms with E-state index in [0.717, 1.165) is 0 Å². The van der Waals surface area contributed by atoms with Crippen LogP contribution in [0.15, 0.2) is 12.7 Å². The summed E-state index contributed by atoms with van der Waals surface area (Å²) in [6.07, 6.45) is 0.144. The van der Waals surface area contributed by atoms with Gasteiger partial charge in [-0.1, -0.05) is 6.58 Å². The second kappa shape index (κ2) is 2.87. The van der Waals surface area contributed by atoms with Crippen molar-refractivity contribution in [3.05, 3.63) is 12.7 Å². The topological polar surface area (TPSA) is 29.1 Å². The van der Waals surface area contributed by atoms with Gasteiger partial charge in [-0.2, -0.15) is 5.11 Å². The molecule has 1 atom stereocenters. The molecular formula is C4H7O2. The smallest absolute Gasteiger partial charge is 0.210 e. The molecule has 0 aromatic carbocycles. The van der Waals surface area contributed by atoms with Crippen LogP contribution in [0.3, 0.4) is 0 Å². The largest absolute Gasteiger partial charge is 0.350 e. The highest BCUT2D eigenvalue weighted by Crippen LogP contribution is 1.80. The van der Waals surface area contributed by atoms with E-state index in [1.54, 1.807) is 0 Å². The average Bonchev–Trinajstić information content (AvgIpc) is 1.65. The first-order valence-electron chi connectivity index (χ1n) is 1.62. The van der Waals surface area contributed by atoms with Crippen LogP contribution in [0.2, 0.25) is 0 Å². The second-order valence-corrected chi connectivity index (χ2v) is 0.840. The van der Waals surface area contributed by atoms with E-state index >= 15 is 0 Å². The molecule has 0 saturated carbocycles. The van der Waals surface area contributed by atoms with Crippen molar-refractivity contribution in [1.82, 2.24) is 0 Å². The van der Waals surface area contributed by atoms with Crippen LogP contribution < -0.4 is 0 Å². The Morgan fingerprint density at radius 1 is 2.00 bits per heavy atom. The molecule has 6 heavy (non-hydrogen) atoms. The molecule has 0 rings (SSSR count). The number of hydrogen-bond donors (Lipinski definition) is 0. The summed E-state index contributed by atoms with van der Waals surface area (Å²) < 4.78 is 4.23. The molecule has 0 heterocycles. The third kappa shape index (κ3) is 1.93. The van der Waals surface area contributed by atoms with Gasteiger partial charge in [0, 0.05) is 7.11 Å². The molecule has 35 valence electrons. The molecule has 2 nitrogen and oxygen atoms in total. The molecule has 0 aliphatic carbocycles. The molecule has 0 aliphatic rings. The molecule has 0 aromatic heterocycles. The lowest BCUT2D eigenvalue weighted by Crippen LogP contribution is -1.99. The van der Waals surface area contributed by atoms with Crippen molar-refractivity contribution in [3.63, 3.8) is 0 Å². The van der Waals surface area contributed by atoms with E-state index in [2.05, 4.69) is 11.3 Å². The van der Waals surface area contributed by atoms with E-state index in [4.69, 9.17) is 0 Å². The summed E-state index contributed by atoms with van der Waals surface area (Å²) in [6, 6.07) is 0. The standard InChI is InChI=1S/C4H7O2/c1-3-4(5)6-2/h3-4H,1H2,2H3. The molecule has 0 N–H and O–H groups in total. The minimum atomic E-state index is -1.05. The first-order chi connectivity index (χ1) is 2.81. The van der Waals surface area contributed by atoms with Crippen LogP contribution in [-0.4, -0.2) is 13.4 Å². The Morgan fingerprint density at radius 3 is 2.50 bits per heavy atom. The van der Waals surface area contributed by atoms with E-state index in [1.807, 2.05) is 0 Å². The molecule has 1 unspecified atom stereocenters. The van der Waals surface area contributed by atoms with Crippen molar-refractivity contribution in [2.24, 2.45) is 0 Å². The molecular weight excluding hydrogens is 80.0 g/mol. The SMILES string of the molecule is C=CC([O])OC. The fraction of sp³-hybridized carbons (Fsp3) is 0.500. The molecule has 0 spiro atoms. The van der Waals surface area contributed by atoms with E-state index < -0.39 is 6.29 Å². The summed E-state index contributed by atoms with van der Waals surface area (Å²) in [7, 11) is 1.35. The van der Waals surface area contributed by atoms with Crippen molar-refractivity contribution in [3.8, 4) is 0 Å². The summed E-state index contributed by atoms with van der Waals surface area (Å²) in [6.45, 7) is 3.19. The van der Waals surface area contributed by atoms with Gasteiger partial charge >= 0.3 is 0 Å². The van der Waals surface area contributed by atoms with Crippen LogP contribution in [0.25, 0.3) is 0 Å². The quantitative estimate of drug-likeness (QED) is 0.357. The Bertz CT molecular complexity index is 42.8. The number of rotatable bonds is 2. The van der Waals surface area contributed by atoms with Crippen LogP contribution in [0.1, 0.15) is 0 Å². The maximum atomic E-state index is 9.92. The normalized spacial score (nSPS) is 13.7. The van der Waals surface area contributed by atoms with Crippen LogP contribution >= 0.6 is 0 Å². The van der Waals surface area contributed by atoms with Gasteiger partial charge in [0.15, 0.2) is 0 Å². The van der Waals surface area contributed by atoms with Gasteiger partial charge in [-0.15, -0.1) is 0 Å². The summed E-state index contributed by atoms with van der Waals surface area (Å²) in [5.41, 5.74) is 0. The monoisotopic (exact) mass is 87.0 g/mol. The van der Waals surface area contributed by atoms with Gasteiger partial charge in [0.2, 0.25) is 6.29 Å². The molecule has 0 bridgehead atoms. The van der Waals surface area contributed by atoms with Gasteiger partial charge in [0.1, 0.15) is 0 Å². The summed E-state index contributed by atoms with van der Waals surface area (Å²) in [4.78, 5) is 0. The molecule has 0 aliphatic heterocycles. The van der Waals surface area contributed by atoms with Gasteiger partial charge in [-0.3, -0.25) is 0 Å². The van der Waals surface area contributed by atoms with Gasteiger partial charge in [0.05, 0.1) is 0 Å². The van der Waals surface area contributed by atoms with E-state index in [1.165, 1.54) is 13.2 Å². The molecule has 0 aromatic rings. The summed E-state index contributed by atoms with van der Waals surface area (Å²) >= 11 is 0. The lowest BCUT2D eigenvalue weighted by atomic mass is 10.6. The molecule has 0 saturated heterocycles. The van der Waals surface area contributed by atoms with Crippen LogP contribution in [0.5, 0.6) is 0 Å². The molecule has 1 radical (unpaired) electrons.